The van der Waals surface area contributed by atoms with E-state index in [1.807, 2.05) is 0 Å². The van der Waals surface area contributed by atoms with Gasteiger partial charge in [0.15, 0.2) is 11.6 Å². The Kier molecular flexibility index (Phi) is 5.47. The lowest BCUT2D eigenvalue weighted by atomic mass is 10.2. The van der Waals surface area contributed by atoms with Crippen LogP contribution in [-0.2, 0) is 4.79 Å². The van der Waals surface area contributed by atoms with Crippen molar-refractivity contribution < 1.29 is 23.1 Å². The van der Waals surface area contributed by atoms with Gasteiger partial charge < -0.3 is 15.0 Å². The first-order valence-electron chi connectivity index (χ1n) is 7.05. The van der Waals surface area contributed by atoms with E-state index >= 15 is 0 Å². The molecule has 7 heteroatoms. The molecule has 0 bridgehead atoms. The molecule has 0 radical (unpaired) electrons. The van der Waals surface area contributed by atoms with Crippen LogP contribution in [-0.4, -0.2) is 37.4 Å². The number of amides is 2. The lowest BCUT2D eigenvalue weighted by Crippen LogP contribution is -2.35. The minimum atomic E-state index is -0.660. The molecular weight excluding hydrogens is 318 g/mol. The molecule has 0 spiro atoms. The number of nitrogens with one attached hydrogen (secondary N) is 1. The first-order valence-corrected chi connectivity index (χ1v) is 7.05. The summed E-state index contributed by atoms with van der Waals surface area (Å²) in [4.78, 5) is 25.3. The molecule has 24 heavy (non-hydrogen) atoms. The van der Waals surface area contributed by atoms with Gasteiger partial charge in [0.25, 0.3) is 5.91 Å². The van der Waals surface area contributed by atoms with Gasteiger partial charge in [0.1, 0.15) is 5.82 Å². The van der Waals surface area contributed by atoms with Crippen LogP contribution in [0.25, 0.3) is 0 Å². The predicted molar refractivity (Wildman–Crippen MR) is 84.9 cm³/mol. The summed E-state index contributed by atoms with van der Waals surface area (Å²) in [5.41, 5.74) is 0.517. The van der Waals surface area contributed by atoms with Crippen molar-refractivity contribution in [1.29, 1.82) is 0 Å². The number of benzene rings is 2. The minimum absolute atomic E-state index is 0.0308. The van der Waals surface area contributed by atoms with Gasteiger partial charge in [-0.1, -0.05) is 0 Å². The summed E-state index contributed by atoms with van der Waals surface area (Å²) < 4.78 is 31.2. The molecule has 0 aromatic heterocycles. The van der Waals surface area contributed by atoms with Crippen LogP contribution in [0, 0.1) is 11.6 Å². The Balaban J connectivity index is 1.99. The molecule has 5 nitrogen and oxygen atoms in total. The van der Waals surface area contributed by atoms with Crippen molar-refractivity contribution >= 4 is 17.5 Å². The van der Waals surface area contributed by atoms with Gasteiger partial charge in [-0.15, -0.1) is 0 Å². The standard InChI is InChI=1S/C17H16F2N2O3/c1-21(10-16(22)20-13-6-4-12(18)5-7-13)17(23)11-3-8-15(24-2)14(19)9-11/h3-9H,10H2,1-2H3,(H,20,22). The molecule has 2 amide bonds. The second-order valence-electron chi connectivity index (χ2n) is 5.07. The fourth-order valence-corrected chi connectivity index (χ4v) is 2.04. The van der Waals surface area contributed by atoms with E-state index in [9.17, 15) is 18.4 Å². The van der Waals surface area contributed by atoms with Crippen LogP contribution in [0.1, 0.15) is 10.4 Å². The van der Waals surface area contributed by atoms with E-state index < -0.39 is 23.4 Å². The Bertz CT molecular complexity index is 748. The highest BCUT2D eigenvalue weighted by molar-refractivity contribution is 5.99. The summed E-state index contributed by atoms with van der Waals surface area (Å²) in [7, 11) is 2.75. The third-order valence-corrected chi connectivity index (χ3v) is 3.25. The highest BCUT2D eigenvalue weighted by Crippen LogP contribution is 2.18. The first-order chi connectivity index (χ1) is 11.4. The molecule has 0 aliphatic carbocycles. The van der Waals surface area contributed by atoms with E-state index in [4.69, 9.17) is 4.74 Å². The lowest BCUT2D eigenvalue weighted by Gasteiger charge is -2.17. The Labute approximate surface area is 137 Å². The number of rotatable bonds is 5. The maximum absolute atomic E-state index is 13.7. The molecule has 2 rings (SSSR count). The van der Waals surface area contributed by atoms with Crippen LogP contribution < -0.4 is 10.1 Å². The number of nitrogens with zero attached hydrogens (tertiary/aromatic N) is 1. The van der Waals surface area contributed by atoms with Gasteiger partial charge in [0, 0.05) is 18.3 Å². The summed E-state index contributed by atoms with van der Waals surface area (Å²) in [6, 6.07) is 9.06. The van der Waals surface area contributed by atoms with Crippen LogP contribution in [0.2, 0.25) is 0 Å². The molecule has 0 saturated heterocycles. The molecule has 0 atom stereocenters. The molecule has 2 aromatic rings. The van der Waals surface area contributed by atoms with Gasteiger partial charge in [-0.2, -0.15) is 0 Å². The average molecular weight is 334 g/mol. The highest BCUT2D eigenvalue weighted by atomic mass is 19.1. The van der Waals surface area contributed by atoms with Crippen LogP contribution in [0.15, 0.2) is 42.5 Å². The van der Waals surface area contributed by atoms with E-state index in [0.717, 1.165) is 11.0 Å². The van der Waals surface area contributed by atoms with Crippen molar-refractivity contribution in [3.63, 3.8) is 0 Å². The fourth-order valence-electron chi connectivity index (χ4n) is 2.04. The molecular formula is C17H16F2N2O3. The summed E-state index contributed by atoms with van der Waals surface area (Å²) in [6.07, 6.45) is 0. The number of anilines is 1. The molecule has 0 aliphatic heterocycles. The maximum atomic E-state index is 13.7. The molecule has 2 aromatic carbocycles. The van der Waals surface area contributed by atoms with Crippen molar-refractivity contribution in [3.8, 4) is 5.75 Å². The highest BCUT2D eigenvalue weighted by Gasteiger charge is 2.17. The van der Waals surface area contributed by atoms with E-state index in [2.05, 4.69) is 5.32 Å². The number of methoxy groups -OCH3 is 1. The molecule has 0 heterocycles. The minimum Gasteiger partial charge on any atom is -0.494 e. The topological polar surface area (TPSA) is 58.6 Å². The fraction of sp³-hybridized carbons (Fsp3) is 0.176. The monoisotopic (exact) mass is 334 g/mol. The number of hydrogen-bond acceptors (Lipinski definition) is 3. The summed E-state index contributed by atoms with van der Waals surface area (Å²) >= 11 is 0. The van der Waals surface area contributed by atoms with Crippen molar-refractivity contribution in [1.82, 2.24) is 4.90 Å². The zero-order valence-corrected chi connectivity index (χ0v) is 13.2. The Morgan fingerprint density at radius 1 is 1.12 bits per heavy atom. The average Bonchev–Trinajstić information content (AvgIpc) is 2.56. The molecule has 126 valence electrons. The maximum Gasteiger partial charge on any atom is 0.254 e. The van der Waals surface area contributed by atoms with E-state index in [0.29, 0.717) is 5.69 Å². The van der Waals surface area contributed by atoms with Gasteiger partial charge in [-0.05, 0) is 42.5 Å². The van der Waals surface area contributed by atoms with Gasteiger partial charge in [-0.25, -0.2) is 8.78 Å². The van der Waals surface area contributed by atoms with Crippen LogP contribution in [0.4, 0.5) is 14.5 Å². The normalized spacial score (nSPS) is 10.2. The molecule has 0 aliphatic rings. The van der Waals surface area contributed by atoms with Crippen molar-refractivity contribution in [2.45, 2.75) is 0 Å². The lowest BCUT2D eigenvalue weighted by molar-refractivity contribution is -0.116. The van der Waals surface area contributed by atoms with Crippen LogP contribution in [0.5, 0.6) is 5.75 Å². The van der Waals surface area contributed by atoms with Gasteiger partial charge in [0.05, 0.1) is 13.7 Å². The zero-order valence-electron chi connectivity index (χ0n) is 13.2. The molecule has 0 fully saturated rings. The summed E-state index contributed by atoms with van der Waals surface area (Å²) in [5.74, 6) is -2.00. The number of carbonyl (C=O) groups excluding carboxylic acids is 2. The van der Waals surface area contributed by atoms with E-state index in [1.165, 1.54) is 50.6 Å². The second kappa shape index (κ2) is 7.54. The van der Waals surface area contributed by atoms with E-state index in [1.54, 1.807) is 0 Å². The van der Waals surface area contributed by atoms with Crippen molar-refractivity contribution in [2.24, 2.45) is 0 Å². The second-order valence-corrected chi connectivity index (χ2v) is 5.07. The van der Waals surface area contributed by atoms with Crippen LogP contribution >= 0.6 is 0 Å². The SMILES string of the molecule is COc1ccc(C(=O)N(C)CC(=O)Nc2ccc(F)cc2)cc1F. The summed E-state index contributed by atoms with van der Waals surface area (Å²) in [5, 5.41) is 2.54. The van der Waals surface area contributed by atoms with Crippen molar-refractivity contribution in [3.05, 3.63) is 59.7 Å². The Morgan fingerprint density at radius 2 is 1.79 bits per heavy atom. The van der Waals surface area contributed by atoms with Gasteiger partial charge in [0.2, 0.25) is 5.91 Å². The first kappa shape index (κ1) is 17.4. The Morgan fingerprint density at radius 3 is 2.38 bits per heavy atom. The number of carbonyl (C=O) groups is 2. The Hall–Kier alpha value is -2.96. The third-order valence-electron chi connectivity index (χ3n) is 3.25. The quantitative estimate of drug-likeness (QED) is 0.915. The van der Waals surface area contributed by atoms with Crippen molar-refractivity contribution in [2.75, 3.05) is 26.0 Å². The smallest absolute Gasteiger partial charge is 0.254 e. The molecule has 0 unspecified atom stereocenters. The molecule has 0 saturated carbocycles. The largest absolute Gasteiger partial charge is 0.494 e. The zero-order chi connectivity index (χ0) is 17.7. The third kappa shape index (κ3) is 4.28. The number of ether oxygens (including phenoxy) is 1. The molecule has 1 N–H and O–H groups in total. The van der Waals surface area contributed by atoms with Gasteiger partial charge in [-0.3, -0.25) is 9.59 Å². The predicted octanol–water partition coefficient (Wildman–Crippen LogP) is 2.68. The number of hydrogen-bond donors (Lipinski definition) is 1. The number of likely N-dealkylation sites (N-methyl/N-ethyl adjacent to an activating group) is 1. The number of halogens is 2. The van der Waals surface area contributed by atoms with Gasteiger partial charge >= 0.3 is 0 Å². The van der Waals surface area contributed by atoms with E-state index in [-0.39, 0.29) is 17.9 Å². The van der Waals surface area contributed by atoms with Crippen LogP contribution in [0.3, 0.4) is 0 Å². The summed E-state index contributed by atoms with van der Waals surface area (Å²) in [6.45, 7) is -0.232.